The number of aliphatic hydroxyl groups is 2. The lowest BCUT2D eigenvalue weighted by atomic mass is 9.91. The van der Waals surface area contributed by atoms with Crippen LogP contribution in [0.25, 0.3) is 0 Å². The van der Waals surface area contributed by atoms with E-state index in [4.69, 9.17) is 5.11 Å². The van der Waals surface area contributed by atoms with Gasteiger partial charge in [0.05, 0.1) is 6.10 Å². The van der Waals surface area contributed by atoms with Gasteiger partial charge in [0.1, 0.15) is 0 Å². The molecule has 0 amide bonds. The molecule has 0 aromatic carbocycles. The minimum atomic E-state index is -1.98. The van der Waals surface area contributed by atoms with E-state index in [1.807, 2.05) is 6.92 Å². The molecule has 0 saturated carbocycles. The summed E-state index contributed by atoms with van der Waals surface area (Å²) in [6.45, 7) is 3.36. The summed E-state index contributed by atoms with van der Waals surface area (Å²) < 4.78 is 0. The monoisotopic (exact) mass is 176 g/mol. The first-order chi connectivity index (χ1) is 5.49. The van der Waals surface area contributed by atoms with Gasteiger partial charge in [0, 0.05) is 0 Å². The standard InChI is InChI=1S/C8H16O4/c1-3-5-6(9)8(12,4-2)7(10)11/h6,9,12H,3-5H2,1-2H3,(H,10,11)/t6-,8-/m0/s1. The van der Waals surface area contributed by atoms with Crippen LogP contribution in [0.15, 0.2) is 0 Å². The molecule has 0 heterocycles. The molecule has 0 aromatic rings. The molecule has 4 heteroatoms. The van der Waals surface area contributed by atoms with Crippen molar-refractivity contribution in [1.82, 2.24) is 0 Å². The fraction of sp³-hybridized carbons (Fsp3) is 0.875. The Bertz CT molecular complexity index is 157. The van der Waals surface area contributed by atoms with E-state index in [1.54, 1.807) is 0 Å². The summed E-state index contributed by atoms with van der Waals surface area (Å²) in [6.07, 6.45) is -0.207. The van der Waals surface area contributed by atoms with Crippen molar-refractivity contribution in [3.05, 3.63) is 0 Å². The molecule has 0 saturated heterocycles. The van der Waals surface area contributed by atoms with Crippen molar-refractivity contribution in [3.63, 3.8) is 0 Å². The van der Waals surface area contributed by atoms with Gasteiger partial charge >= 0.3 is 5.97 Å². The number of carbonyl (C=O) groups is 1. The zero-order valence-electron chi connectivity index (χ0n) is 7.45. The molecular formula is C8H16O4. The van der Waals surface area contributed by atoms with Crippen molar-refractivity contribution >= 4 is 5.97 Å². The Kier molecular flexibility index (Phi) is 4.20. The summed E-state index contributed by atoms with van der Waals surface area (Å²) in [4.78, 5) is 10.6. The Morgan fingerprint density at radius 1 is 1.50 bits per heavy atom. The molecule has 0 aliphatic heterocycles. The molecule has 0 fully saturated rings. The van der Waals surface area contributed by atoms with E-state index in [0.29, 0.717) is 12.8 Å². The van der Waals surface area contributed by atoms with E-state index in [2.05, 4.69) is 0 Å². The van der Waals surface area contributed by atoms with Crippen LogP contribution >= 0.6 is 0 Å². The SMILES string of the molecule is CCC[C@H](O)[C@@](O)(CC)C(=O)O. The zero-order valence-corrected chi connectivity index (χ0v) is 7.45. The number of hydrogen-bond donors (Lipinski definition) is 3. The van der Waals surface area contributed by atoms with Crippen molar-refractivity contribution in [3.8, 4) is 0 Å². The molecule has 0 bridgehead atoms. The van der Waals surface area contributed by atoms with Crippen molar-refractivity contribution in [2.24, 2.45) is 0 Å². The van der Waals surface area contributed by atoms with Crippen molar-refractivity contribution in [2.75, 3.05) is 0 Å². The molecule has 4 nitrogen and oxygen atoms in total. The molecule has 0 aliphatic rings. The van der Waals surface area contributed by atoms with E-state index >= 15 is 0 Å². The fourth-order valence-electron chi connectivity index (χ4n) is 1.04. The maximum absolute atomic E-state index is 10.6. The van der Waals surface area contributed by atoms with Gasteiger partial charge < -0.3 is 15.3 Å². The maximum Gasteiger partial charge on any atom is 0.338 e. The van der Waals surface area contributed by atoms with E-state index in [0.717, 1.165) is 0 Å². The van der Waals surface area contributed by atoms with Crippen LogP contribution in [-0.2, 0) is 4.79 Å². The second kappa shape index (κ2) is 4.42. The van der Waals surface area contributed by atoms with Crippen LogP contribution in [0.1, 0.15) is 33.1 Å². The largest absolute Gasteiger partial charge is 0.479 e. The Labute approximate surface area is 71.8 Å². The predicted octanol–water partition coefficient (Wildman–Crippen LogP) is 0.373. The maximum atomic E-state index is 10.6. The van der Waals surface area contributed by atoms with Gasteiger partial charge in [0.15, 0.2) is 5.60 Å². The summed E-state index contributed by atoms with van der Waals surface area (Å²) in [7, 11) is 0. The van der Waals surface area contributed by atoms with Gasteiger partial charge in [0.25, 0.3) is 0 Å². The fourth-order valence-corrected chi connectivity index (χ4v) is 1.04. The summed E-state index contributed by atoms with van der Waals surface area (Å²) in [6, 6.07) is 0. The molecule has 0 unspecified atom stereocenters. The Morgan fingerprint density at radius 3 is 2.25 bits per heavy atom. The van der Waals surface area contributed by atoms with Crippen LogP contribution in [0.2, 0.25) is 0 Å². The van der Waals surface area contributed by atoms with Crippen LogP contribution in [0.5, 0.6) is 0 Å². The number of aliphatic hydroxyl groups excluding tert-OH is 1. The van der Waals surface area contributed by atoms with E-state index in [1.165, 1.54) is 6.92 Å². The molecular weight excluding hydrogens is 160 g/mol. The van der Waals surface area contributed by atoms with E-state index < -0.39 is 17.7 Å². The number of hydrogen-bond acceptors (Lipinski definition) is 3. The van der Waals surface area contributed by atoms with E-state index in [9.17, 15) is 15.0 Å². The van der Waals surface area contributed by atoms with Gasteiger partial charge in [0.2, 0.25) is 0 Å². The molecule has 0 aromatic heterocycles. The Balaban J connectivity index is 4.39. The number of rotatable bonds is 5. The van der Waals surface area contributed by atoms with Crippen LogP contribution in [-0.4, -0.2) is 33.0 Å². The number of aliphatic carboxylic acids is 1. The number of carboxylic acid groups (broad SMARTS) is 1. The molecule has 0 radical (unpaired) electrons. The predicted molar refractivity (Wildman–Crippen MR) is 43.8 cm³/mol. The average Bonchev–Trinajstić information content (AvgIpc) is 2.03. The first-order valence-corrected chi connectivity index (χ1v) is 4.12. The third-order valence-electron chi connectivity index (χ3n) is 2.02. The molecule has 0 rings (SSSR count). The lowest BCUT2D eigenvalue weighted by Crippen LogP contribution is -2.48. The molecule has 2 atom stereocenters. The molecule has 0 spiro atoms. The topological polar surface area (TPSA) is 77.8 Å². The van der Waals surface area contributed by atoms with Gasteiger partial charge in [-0.25, -0.2) is 4.79 Å². The lowest BCUT2D eigenvalue weighted by molar-refractivity contribution is -0.172. The summed E-state index contributed by atoms with van der Waals surface area (Å²) in [5, 5.41) is 27.4. The highest BCUT2D eigenvalue weighted by atomic mass is 16.4. The summed E-state index contributed by atoms with van der Waals surface area (Å²) in [5.74, 6) is -1.36. The van der Waals surface area contributed by atoms with Crippen molar-refractivity contribution in [2.45, 2.75) is 44.8 Å². The van der Waals surface area contributed by atoms with Gasteiger partial charge in [-0.2, -0.15) is 0 Å². The zero-order chi connectivity index (χ0) is 9.78. The van der Waals surface area contributed by atoms with E-state index in [-0.39, 0.29) is 6.42 Å². The van der Waals surface area contributed by atoms with Crippen LogP contribution in [0.4, 0.5) is 0 Å². The average molecular weight is 176 g/mol. The summed E-state index contributed by atoms with van der Waals surface area (Å²) >= 11 is 0. The minimum Gasteiger partial charge on any atom is -0.479 e. The van der Waals surface area contributed by atoms with Crippen molar-refractivity contribution < 1.29 is 20.1 Å². The number of carboxylic acids is 1. The Morgan fingerprint density at radius 2 is 2.00 bits per heavy atom. The quantitative estimate of drug-likeness (QED) is 0.565. The first-order valence-electron chi connectivity index (χ1n) is 4.12. The van der Waals surface area contributed by atoms with Crippen LogP contribution < -0.4 is 0 Å². The highest BCUT2D eigenvalue weighted by Gasteiger charge is 2.40. The highest BCUT2D eigenvalue weighted by Crippen LogP contribution is 2.19. The lowest BCUT2D eigenvalue weighted by Gasteiger charge is -2.27. The smallest absolute Gasteiger partial charge is 0.338 e. The Hall–Kier alpha value is -0.610. The molecule has 12 heavy (non-hydrogen) atoms. The molecule has 0 aliphatic carbocycles. The second-order valence-corrected chi connectivity index (χ2v) is 2.89. The molecule has 3 N–H and O–H groups in total. The highest BCUT2D eigenvalue weighted by molar-refractivity contribution is 5.77. The first kappa shape index (κ1) is 11.4. The van der Waals surface area contributed by atoms with Gasteiger partial charge in [-0.3, -0.25) is 0 Å². The molecule has 72 valence electrons. The third-order valence-corrected chi connectivity index (χ3v) is 2.02. The van der Waals surface area contributed by atoms with Crippen molar-refractivity contribution in [1.29, 1.82) is 0 Å². The van der Waals surface area contributed by atoms with Gasteiger partial charge in [-0.05, 0) is 12.8 Å². The van der Waals surface area contributed by atoms with Crippen LogP contribution in [0, 0.1) is 0 Å². The van der Waals surface area contributed by atoms with Crippen LogP contribution in [0.3, 0.4) is 0 Å². The summed E-state index contributed by atoms with van der Waals surface area (Å²) in [5.41, 5.74) is -1.98. The third kappa shape index (κ3) is 2.19. The van der Waals surface area contributed by atoms with Gasteiger partial charge in [-0.1, -0.05) is 20.3 Å². The van der Waals surface area contributed by atoms with Gasteiger partial charge in [-0.15, -0.1) is 0 Å². The minimum absolute atomic E-state index is 0.0174. The normalized spacial score (nSPS) is 18.3. The second-order valence-electron chi connectivity index (χ2n) is 2.89.